The van der Waals surface area contributed by atoms with E-state index in [-0.39, 0.29) is 22.0 Å². The zero-order valence-corrected chi connectivity index (χ0v) is 17.6. The van der Waals surface area contributed by atoms with Crippen molar-refractivity contribution < 1.29 is 27.3 Å². The van der Waals surface area contributed by atoms with Crippen LogP contribution in [0, 0.1) is 15.9 Å². The molecule has 0 unspecified atom stereocenters. The maximum absolute atomic E-state index is 14.5. The van der Waals surface area contributed by atoms with E-state index >= 15 is 0 Å². The number of sulfonamides is 1. The standard InChI is InChI=1S/C21H18FN3O6S/c1-31-17-9-11-18(12-10-17)32(29,30)24(20-8-3-2-7-19(20)22)14-21(26)23-15-5-4-6-16(13-15)25(27)28/h2-13H,14H2,1H3,(H,23,26). The number of nitro benzene ring substituents is 1. The van der Waals surface area contributed by atoms with Crippen LogP contribution in [-0.4, -0.2) is 32.9 Å². The Hall–Kier alpha value is -3.99. The van der Waals surface area contributed by atoms with Gasteiger partial charge in [-0.3, -0.25) is 19.2 Å². The minimum Gasteiger partial charge on any atom is -0.497 e. The number of nitro groups is 1. The highest BCUT2D eigenvalue weighted by atomic mass is 32.2. The topological polar surface area (TPSA) is 119 Å². The van der Waals surface area contributed by atoms with Crippen LogP contribution in [0.25, 0.3) is 0 Å². The Kier molecular flexibility index (Phi) is 6.69. The quantitative estimate of drug-likeness (QED) is 0.406. The number of hydrogen-bond donors (Lipinski definition) is 1. The Morgan fingerprint density at radius 1 is 1.09 bits per heavy atom. The predicted molar refractivity (Wildman–Crippen MR) is 116 cm³/mol. The van der Waals surface area contributed by atoms with Crippen LogP contribution in [0.5, 0.6) is 5.75 Å². The van der Waals surface area contributed by atoms with Gasteiger partial charge in [0, 0.05) is 17.8 Å². The molecule has 0 aliphatic rings. The number of rotatable bonds is 8. The first-order chi connectivity index (χ1) is 15.2. The number of ether oxygens (including phenoxy) is 1. The lowest BCUT2D eigenvalue weighted by atomic mass is 10.2. The van der Waals surface area contributed by atoms with Gasteiger partial charge in [-0.05, 0) is 42.5 Å². The number of hydrogen-bond acceptors (Lipinski definition) is 6. The summed E-state index contributed by atoms with van der Waals surface area (Å²) >= 11 is 0. The molecule has 32 heavy (non-hydrogen) atoms. The number of anilines is 2. The van der Waals surface area contributed by atoms with Gasteiger partial charge in [0.2, 0.25) is 5.91 Å². The number of carbonyl (C=O) groups is 1. The molecule has 0 saturated heterocycles. The Labute approximate surface area is 183 Å². The Morgan fingerprint density at radius 3 is 2.41 bits per heavy atom. The van der Waals surface area contributed by atoms with Crippen molar-refractivity contribution in [2.75, 3.05) is 23.3 Å². The highest BCUT2D eigenvalue weighted by molar-refractivity contribution is 7.92. The SMILES string of the molecule is COc1ccc(S(=O)(=O)N(CC(=O)Nc2cccc([N+](=O)[O-])c2)c2ccccc2F)cc1. The monoisotopic (exact) mass is 459 g/mol. The van der Waals surface area contributed by atoms with Crippen LogP contribution in [0.4, 0.5) is 21.5 Å². The van der Waals surface area contributed by atoms with Crippen molar-refractivity contribution in [1.82, 2.24) is 0 Å². The molecule has 166 valence electrons. The summed E-state index contributed by atoms with van der Waals surface area (Å²) in [5.74, 6) is -1.23. The Balaban J connectivity index is 1.95. The summed E-state index contributed by atoms with van der Waals surface area (Å²) < 4.78 is 46.7. The minimum atomic E-state index is -4.34. The number of benzene rings is 3. The number of carbonyl (C=O) groups excluding carboxylic acids is 1. The van der Waals surface area contributed by atoms with Gasteiger partial charge in [-0.2, -0.15) is 0 Å². The molecule has 3 aromatic carbocycles. The summed E-state index contributed by atoms with van der Waals surface area (Å²) in [5, 5.41) is 13.3. The number of nitrogens with one attached hydrogen (secondary N) is 1. The maximum atomic E-state index is 14.5. The summed E-state index contributed by atoms with van der Waals surface area (Å²) in [6, 6.07) is 15.7. The third-order valence-electron chi connectivity index (χ3n) is 4.40. The first-order valence-corrected chi connectivity index (χ1v) is 10.6. The van der Waals surface area contributed by atoms with Crippen molar-refractivity contribution in [1.29, 1.82) is 0 Å². The fraction of sp³-hybridized carbons (Fsp3) is 0.0952. The van der Waals surface area contributed by atoms with Crippen molar-refractivity contribution in [2.45, 2.75) is 4.90 Å². The summed E-state index contributed by atoms with van der Waals surface area (Å²) in [7, 11) is -2.92. The number of non-ortho nitro benzene ring substituents is 1. The van der Waals surface area contributed by atoms with Crippen molar-refractivity contribution in [3.63, 3.8) is 0 Å². The number of methoxy groups -OCH3 is 1. The molecule has 1 amide bonds. The molecule has 9 nitrogen and oxygen atoms in total. The zero-order valence-electron chi connectivity index (χ0n) is 16.8. The van der Waals surface area contributed by atoms with Gasteiger partial charge in [0.05, 0.1) is 22.6 Å². The summed E-state index contributed by atoms with van der Waals surface area (Å²) in [6.45, 7) is -0.766. The summed E-state index contributed by atoms with van der Waals surface area (Å²) in [5.41, 5.74) is -0.475. The van der Waals surface area contributed by atoms with Crippen LogP contribution < -0.4 is 14.4 Å². The lowest BCUT2D eigenvalue weighted by molar-refractivity contribution is -0.384. The van der Waals surface area contributed by atoms with E-state index in [0.29, 0.717) is 10.1 Å². The number of para-hydroxylation sites is 1. The van der Waals surface area contributed by atoms with Crippen molar-refractivity contribution in [3.05, 3.63) is 88.7 Å². The molecule has 3 aromatic rings. The van der Waals surface area contributed by atoms with E-state index < -0.39 is 33.2 Å². The molecule has 0 fully saturated rings. The molecular weight excluding hydrogens is 441 g/mol. The molecule has 0 heterocycles. The largest absolute Gasteiger partial charge is 0.497 e. The number of halogens is 1. The fourth-order valence-corrected chi connectivity index (χ4v) is 4.29. The van der Waals surface area contributed by atoms with Gasteiger partial charge in [-0.25, -0.2) is 12.8 Å². The van der Waals surface area contributed by atoms with Crippen molar-refractivity contribution >= 4 is 33.0 Å². The molecule has 3 rings (SSSR count). The molecule has 0 spiro atoms. The van der Waals surface area contributed by atoms with Crippen LogP contribution in [-0.2, 0) is 14.8 Å². The van der Waals surface area contributed by atoms with E-state index in [0.717, 1.165) is 12.1 Å². The van der Waals surface area contributed by atoms with Gasteiger partial charge in [-0.1, -0.05) is 18.2 Å². The molecule has 0 atom stereocenters. The number of amides is 1. The molecule has 1 N–H and O–H groups in total. The van der Waals surface area contributed by atoms with Crippen molar-refractivity contribution in [3.8, 4) is 5.75 Å². The molecule has 0 saturated carbocycles. The smallest absolute Gasteiger partial charge is 0.271 e. The van der Waals surface area contributed by atoms with Gasteiger partial charge in [0.15, 0.2) is 0 Å². The van der Waals surface area contributed by atoms with E-state index in [9.17, 15) is 27.7 Å². The second kappa shape index (κ2) is 9.43. The minimum absolute atomic E-state index is 0.0968. The summed E-state index contributed by atoms with van der Waals surface area (Å²) in [6.07, 6.45) is 0. The first kappa shape index (κ1) is 22.7. The zero-order chi connectivity index (χ0) is 23.3. The molecule has 0 radical (unpaired) electrons. The average Bonchev–Trinajstić information content (AvgIpc) is 2.78. The fourth-order valence-electron chi connectivity index (χ4n) is 2.86. The highest BCUT2D eigenvalue weighted by Gasteiger charge is 2.29. The lowest BCUT2D eigenvalue weighted by Crippen LogP contribution is -2.38. The van der Waals surface area contributed by atoms with Crippen LogP contribution in [0.3, 0.4) is 0 Å². The molecule has 0 aliphatic heterocycles. The van der Waals surface area contributed by atoms with Gasteiger partial charge in [0.1, 0.15) is 18.1 Å². The molecule has 0 bridgehead atoms. The van der Waals surface area contributed by atoms with E-state index in [2.05, 4.69) is 5.32 Å². The van der Waals surface area contributed by atoms with E-state index in [1.165, 1.54) is 67.8 Å². The normalized spacial score (nSPS) is 10.9. The predicted octanol–water partition coefficient (Wildman–Crippen LogP) is 3.58. The number of nitrogens with zero attached hydrogens (tertiary/aromatic N) is 2. The van der Waals surface area contributed by atoms with E-state index in [1.54, 1.807) is 0 Å². The van der Waals surface area contributed by atoms with E-state index in [4.69, 9.17) is 4.74 Å². The second-order valence-electron chi connectivity index (χ2n) is 6.49. The molecule has 11 heteroatoms. The van der Waals surface area contributed by atoms with E-state index in [1.807, 2.05) is 0 Å². The Bertz CT molecular complexity index is 1250. The van der Waals surface area contributed by atoms with Gasteiger partial charge in [0.25, 0.3) is 15.7 Å². The highest BCUT2D eigenvalue weighted by Crippen LogP contribution is 2.27. The molecule has 0 aliphatic carbocycles. The van der Waals surface area contributed by atoms with Crippen LogP contribution in [0.2, 0.25) is 0 Å². The molecule has 0 aromatic heterocycles. The third kappa shape index (κ3) is 5.01. The summed E-state index contributed by atoms with van der Waals surface area (Å²) in [4.78, 5) is 22.8. The third-order valence-corrected chi connectivity index (χ3v) is 6.17. The van der Waals surface area contributed by atoms with Crippen molar-refractivity contribution in [2.24, 2.45) is 0 Å². The average molecular weight is 459 g/mol. The van der Waals surface area contributed by atoms with Gasteiger partial charge in [-0.15, -0.1) is 0 Å². The Morgan fingerprint density at radius 2 is 1.78 bits per heavy atom. The van der Waals surface area contributed by atoms with Crippen LogP contribution in [0.15, 0.2) is 77.7 Å². The first-order valence-electron chi connectivity index (χ1n) is 9.18. The lowest BCUT2D eigenvalue weighted by Gasteiger charge is -2.24. The maximum Gasteiger partial charge on any atom is 0.271 e. The van der Waals surface area contributed by atoms with Gasteiger partial charge < -0.3 is 10.1 Å². The van der Waals surface area contributed by atoms with Crippen LogP contribution in [0.1, 0.15) is 0 Å². The molecular formula is C21H18FN3O6S. The second-order valence-corrected chi connectivity index (χ2v) is 8.36. The van der Waals surface area contributed by atoms with Gasteiger partial charge >= 0.3 is 0 Å². The van der Waals surface area contributed by atoms with Crippen LogP contribution >= 0.6 is 0 Å².